The van der Waals surface area contributed by atoms with Crippen molar-refractivity contribution in [3.8, 4) is 5.88 Å². The van der Waals surface area contributed by atoms with Gasteiger partial charge in [-0.2, -0.15) is 0 Å². The molecule has 1 aliphatic rings. The summed E-state index contributed by atoms with van der Waals surface area (Å²) in [4.78, 5) is 8.32. The van der Waals surface area contributed by atoms with Crippen molar-refractivity contribution < 1.29 is 4.74 Å². The third-order valence-electron chi connectivity index (χ3n) is 2.26. The summed E-state index contributed by atoms with van der Waals surface area (Å²) >= 11 is 5.91. The molecule has 7 heteroatoms. The maximum absolute atomic E-state index is 5.91. The van der Waals surface area contributed by atoms with Crippen molar-refractivity contribution in [2.24, 2.45) is 4.99 Å². The lowest BCUT2D eigenvalue weighted by molar-refractivity contribution is 0.310. The van der Waals surface area contributed by atoms with Gasteiger partial charge in [-0.25, -0.2) is 4.98 Å². The number of aromatic nitrogens is 1. The van der Waals surface area contributed by atoms with Crippen LogP contribution in [0.4, 0.5) is 0 Å². The quantitative estimate of drug-likeness (QED) is 0.614. The Kier molecular flexibility index (Phi) is 7.11. The van der Waals surface area contributed by atoms with Crippen LogP contribution >= 0.6 is 35.6 Å². The van der Waals surface area contributed by atoms with Crippen molar-refractivity contribution in [3.63, 3.8) is 0 Å². The van der Waals surface area contributed by atoms with Gasteiger partial charge in [0.15, 0.2) is 5.96 Å². The van der Waals surface area contributed by atoms with Gasteiger partial charge in [0.1, 0.15) is 11.6 Å². The molecule has 0 aromatic carbocycles. The summed E-state index contributed by atoms with van der Waals surface area (Å²) in [5, 5.41) is 6.85. The van der Waals surface area contributed by atoms with E-state index in [1.54, 1.807) is 18.3 Å². The van der Waals surface area contributed by atoms with Gasteiger partial charge in [-0.15, -0.1) is 24.0 Å². The lowest BCUT2D eigenvalue weighted by Gasteiger charge is -2.16. The minimum Gasteiger partial charge on any atom is -0.475 e. The van der Waals surface area contributed by atoms with Gasteiger partial charge in [-0.05, 0) is 18.6 Å². The number of nitrogens with one attached hydrogen (secondary N) is 2. The molecule has 0 amide bonds. The summed E-state index contributed by atoms with van der Waals surface area (Å²) in [6.45, 7) is 3.01. The molecule has 18 heavy (non-hydrogen) atoms. The Morgan fingerprint density at radius 3 is 3.11 bits per heavy atom. The summed E-state index contributed by atoms with van der Waals surface area (Å²) in [5.74, 6) is 1.31. The second-order valence-electron chi connectivity index (χ2n) is 3.58. The molecule has 2 rings (SSSR count). The molecule has 1 aromatic rings. The van der Waals surface area contributed by atoms with Crippen LogP contribution in [0.2, 0.25) is 5.02 Å². The first kappa shape index (κ1) is 15.3. The van der Waals surface area contributed by atoms with E-state index in [0.717, 1.165) is 25.5 Å². The summed E-state index contributed by atoms with van der Waals surface area (Å²) in [6.07, 6.45) is 2.74. The van der Waals surface area contributed by atoms with Gasteiger partial charge in [-0.1, -0.05) is 11.6 Å². The number of guanidine groups is 1. The maximum Gasteiger partial charge on any atom is 0.232 e. The third-order valence-corrected chi connectivity index (χ3v) is 2.54. The summed E-state index contributed by atoms with van der Waals surface area (Å²) < 4.78 is 5.44. The van der Waals surface area contributed by atoms with Gasteiger partial charge in [0.25, 0.3) is 0 Å². The number of aliphatic imine (C=N–C) groups is 1. The Hall–Kier alpha value is -0.760. The van der Waals surface area contributed by atoms with Crippen LogP contribution in [0.1, 0.15) is 6.42 Å². The van der Waals surface area contributed by atoms with E-state index < -0.39 is 0 Å². The molecule has 0 aliphatic carbocycles. The molecule has 0 fully saturated rings. The van der Waals surface area contributed by atoms with E-state index in [1.165, 1.54) is 0 Å². The fourth-order valence-corrected chi connectivity index (χ4v) is 1.62. The second kappa shape index (κ2) is 8.36. The summed E-state index contributed by atoms with van der Waals surface area (Å²) in [7, 11) is 0. The van der Waals surface area contributed by atoms with Gasteiger partial charge in [0.2, 0.25) is 5.88 Å². The molecular formula is C11H16ClIN4O. The normalized spacial score (nSPS) is 13.9. The predicted octanol–water partition coefficient (Wildman–Crippen LogP) is 1.67. The zero-order chi connectivity index (χ0) is 11.9. The van der Waals surface area contributed by atoms with Crippen LogP contribution in [0.15, 0.2) is 23.3 Å². The number of rotatable bonds is 4. The van der Waals surface area contributed by atoms with Gasteiger partial charge in [0.05, 0.1) is 6.54 Å². The van der Waals surface area contributed by atoms with Crippen molar-refractivity contribution in [1.82, 2.24) is 15.6 Å². The number of halogens is 2. The highest BCUT2D eigenvalue weighted by Crippen LogP contribution is 2.19. The van der Waals surface area contributed by atoms with Crippen LogP contribution in [0.3, 0.4) is 0 Å². The standard InChI is InChI=1S/C11H15ClN4O.HI/c12-9-3-1-4-13-10(9)17-8-7-16-11-14-5-2-6-15-11;/h1,3-4H,2,5-8H2,(H2,14,15,16);1H. The van der Waals surface area contributed by atoms with Crippen LogP contribution in [0, 0.1) is 0 Å². The summed E-state index contributed by atoms with van der Waals surface area (Å²) in [6, 6.07) is 3.53. The highest BCUT2D eigenvalue weighted by Gasteiger charge is 2.03. The van der Waals surface area contributed by atoms with E-state index >= 15 is 0 Å². The van der Waals surface area contributed by atoms with E-state index in [0.29, 0.717) is 24.1 Å². The monoisotopic (exact) mass is 382 g/mol. The van der Waals surface area contributed by atoms with Crippen LogP contribution in [0.25, 0.3) is 0 Å². The molecule has 2 heterocycles. The lowest BCUT2D eigenvalue weighted by atomic mass is 10.4. The Labute approximate surface area is 128 Å². The average Bonchev–Trinajstić information content (AvgIpc) is 2.38. The Bertz CT molecular complexity index is 402. The van der Waals surface area contributed by atoms with Crippen molar-refractivity contribution in [1.29, 1.82) is 0 Å². The van der Waals surface area contributed by atoms with Crippen LogP contribution in [-0.2, 0) is 0 Å². The molecule has 2 N–H and O–H groups in total. The highest BCUT2D eigenvalue weighted by molar-refractivity contribution is 14.0. The fraction of sp³-hybridized carbons (Fsp3) is 0.455. The predicted molar refractivity (Wildman–Crippen MR) is 83.1 cm³/mol. The largest absolute Gasteiger partial charge is 0.475 e. The molecule has 0 bridgehead atoms. The first-order valence-electron chi connectivity index (χ1n) is 5.62. The van der Waals surface area contributed by atoms with Crippen molar-refractivity contribution in [3.05, 3.63) is 23.4 Å². The molecule has 0 spiro atoms. The fourth-order valence-electron chi connectivity index (χ4n) is 1.45. The summed E-state index contributed by atoms with van der Waals surface area (Å²) in [5.41, 5.74) is 0. The number of hydrogen-bond acceptors (Lipinski definition) is 5. The number of hydrogen-bond donors (Lipinski definition) is 2. The first-order chi connectivity index (χ1) is 8.36. The molecule has 5 nitrogen and oxygen atoms in total. The number of nitrogens with zero attached hydrogens (tertiary/aromatic N) is 2. The topological polar surface area (TPSA) is 58.5 Å². The van der Waals surface area contributed by atoms with E-state index in [1.807, 2.05) is 0 Å². The van der Waals surface area contributed by atoms with Crippen LogP contribution < -0.4 is 15.4 Å². The van der Waals surface area contributed by atoms with Crippen molar-refractivity contribution in [2.45, 2.75) is 6.42 Å². The lowest BCUT2D eigenvalue weighted by Crippen LogP contribution is -2.42. The highest BCUT2D eigenvalue weighted by atomic mass is 127. The molecule has 100 valence electrons. The Morgan fingerprint density at radius 2 is 2.39 bits per heavy atom. The zero-order valence-corrected chi connectivity index (χ0v) is 12.9. The molecule has 0 radical (unpaired) electrons. The zero-order valence-electron chi connectivity index (χ0n) is 9.86. The minimum atomic E-state index is 0. The smallest absolute Gasteiger partial charge is 0.232 e. The minimum absolute atomic E-state index is 0. The molecule has 0 saturated heterocycles. The molecular weight excluding hydrogens is 367 g/mol. The van der Waals surface area contributed by atoms with Gasteiger partial charge in [0, 0.05) is 19.3 Å². The van der Waals surface area contributed by atoms with Gasteiger partial charge in [-0.3, -0.25) is 4.99 Å². The SMILES string of the molecule is Clc1cccnc1OCCNC1=NCCCN1.I. The van der Waals surface area contributed by atoms with Crippen molar-refractivity contribution in [2.75, 3.05) is 26.2 Å². The third kappa shape index (κ3) is 4.85. The molecule has 0 atom stereocenters. The van der Waals surface area contributed by atoms with Crippen LogP contribution in [-0.4, -0.2) is 37.2 Å². The van der Waals surface area contributed by atoms with E-state index in [4.69, 9.17) is 16.3 Å². The molecule has 1 aliphatic heterocycles. The van der Waals surface area contributed by atoms with E-state index in [9.17, 15) is 0 Å². The van der Waals surface area contributed by atoms with Gasteiger partial charge < -0.3 is 15.4 Å². The maximum atomic E-state index is 5.91. The molecule has 1 aromatic heterocycles. The van der Waals surface area contributed by atoms with E-state index in [-0.39, 0.29) is 24.0 Å². The van der Waals surface area contributed by atoms with E-state index in [2.05, 4.69) is 20.6 Å². The molecule has 0 unspecified atom stereocenters. The second-order valence-corrected chi connectivity index (χ2v) is 3.98. The first-order valence-corrected chi connectivity index (χ1v) is 5.99. The van der Waals surface area contributed by atoms with Crippen LogP contribution in [0.5, 0.6) is 5.88 Å². The average molecular weight is 383 g/mol. The number of pyridine rings is 1. The Balaban J connectivity index is 0.00000162. The molecule has 0 saturated carbocycles. The van der Waals surface area contributed by atoms with Gasteiger partial charge >= 0.3 is 0 Å². The number of ether oxygens (including phenoxy) is 1. The van der Waals surface area contributed by atoms with Crippen molar-refractivity contribution >= 4 is 41.5 Å². The Morgan fingerprint density at radius 1 is 1.50 bits per heavy atom.